The number of hydrogen-bond donors (Lipinski definition) is 2. The Kier molecular flexibility index (Phi) is 6.73. The molecule has 7 heteroatoms. The van der Waals surface area contributed by atoms with E-state index in [1.807, 2.05) is 18.2 Å². The van der Waals surface area contributed by atoms with Crippen LogP contribution in [-0.2, 0) is 17.8 Å². The van der Waals surface area contributed by atoms with Gasteiger partial charge in [0.1, 0.15) is 5.82 Å². The summed E-state index contributed by atoms with van der Waals surface area (Å²) in [6, 6.07) is 12.8. The van der Waals surface area contributed by atoms with Crippen molar-refractivity contribution in [3.8, 4) is 11.5 Å². The largest absolute Gasteiger partial charge is 0.454 e. The van der Waals surface area contributed by atoms with Crippen LogP contribution < -0.4 is 20.1 Å². The molecule has 0 aromatic heterocycles. The van der Waals surface area contributed by atoms with Gasteiger partial charge >= 0.3 is 0 Å². The Hall–Kier alpha value is -2.64. The fraction of sp³-hybridized carbons (Fsp3) is 0.458. The van der Waals surface area contributed by atoms with E-state index in [2.05, 4.69) is 29.4 Å². The number of fused-ring (bicyclic) bond motifs is 1. The SMILES string of the molecule is CC(C)N1C[C@H](NCc2ccc(F)cc2)C[C@H]1C(=O)NCCc1ccc2c(c1)OCO2. The summed E-state index contributed by atoms with van der Waals surface area (Å²) in [5.41, 5.74) is 2.14. The standard InChI is InChI=1S/C24H30FN3O3/c1-16(2)28-14-20(27-13-18-3-6-19(25)7-4-18)12-21(28)24(29)26-10-9-17-5-8-22-23(11-17)31-15-30-22/h3-8,11,16,20-21,27H,9-10,12-15H2,1-2H3,(H,26,29)/t20-,21+/m1/s1. The van der Waals surface area contributed by atoms with Gasteiger partial charge in [-0.25, -0.2) is 4.39 Å². The van der Waals surface area contributed by atoms with Crippen molar-refractivity contribution in [2.45, 2.75) is 51.4 Å². The molecule has 0 bridgehead atoms. The molecule has 1 saturated heterocycles. The molecule has 6 nitrogen and oxygen atoms in total. The monoisotopic (exact) mass is 427 g/mol. The van der Waals surface area contributed by atoms with Gasteiger partial charge in [0.15, 0.2) is 11.5 Å². The summed E-state index contributed by atoms with van der Waals surface area (Å²) in [5.74, 6) is 1.37. The van der Waals surface area contributed by atoms with E-state index in [4.69, 9.17) is 9.47 Å². The van der Waals surface area contributed by atoms with Crippen molar-refractivity contribution in [2.75, 3.05) is 19.9 Å². The minimum atomic E-state index is -0.229. The van der Waals surface area contributed by atoms with Gasteiger partial charge in [0.2, 0.25) is 12.7 Å². The van der Waals surface area contributed by atoms with E-state index in [0.29, 0.717) is 13.1 Å². The minimum Gasteiger partial charge on any atom is -0.454 e. The molecule has 2 aromatic carbocycles. The topological polar surface area (TPSA) is 62.8 Å². The summed E-state index contributed by atoms with van der Waals surface area (Å²) < 4.78 is 23.9. The maximum absolute atomic E-state index is 13.1. The highest BCUT2D eigenvalue weighted by molar-refractivity contribution is 5.82. The van der Waals surface area contributed by atoms with Crippen LogP contribution in [0.1, 0.15) is 31.4 Å². The van der Waals surface area contributed by atoms with Crippen molar-refractivity contribution >= 4 is 5.91 Å². The Morgan fingerprint density at radius 3 is 2.65 bits per heavy atom. The maximum Gasteiger partial charge on any atom is 0.237 e. The Bertz CT molecular complexity index is 903. The van der Waals surface area contributed by atoms with E-state index >= 15 is 0 Å². The van der Waals surface area contributed by atoms with E-state index in [1.165, 1.54) is 12.1 Å². The van der Waals surface area contributed by atoms with Gasteiger partial charge in [-0.2, -0.15) is 0 Å². The van der Waals surface area contributed by atoms with Crippen LogP contribution in [0.2, 0.25) is 0 Å². The predicted octanol–water partition coefficient (Wildman–Crippen LogP) is 2.85. The normalized spacial score (nSPS) is 20.4. The third-order valence-corrected chi connectivity index (χ3v) is 5.96. The second-order valence-electron chi connectivity index (χ2n) is 8.47. The fourth-order valence-corrected chi connectivity index (χ4v) is 4.25. The van der Waals surface area contributed by atoms with Crippen LogP contribution in [0.3, 0.4) is 0 Å². The first-order chi connectivity index (χ1) is 15.0. The molecule has 0 aliphatic carbocycles. The molecule has 0 radical (unpaired) electrons. The molecule has 2 heterocycles. The van der Waals surface area contributed by atoms with Gasteiger partial charge in [-0.1, -0.05) is 18.2 Å². The van der Waals surface area contributed by atoms with Crippen molar-refractivity contribution in [3.05, 3.63) is 59.4 Å². The summed E-state index contributed by atoms with van der Waals surface area (Å²) in [6.07, 6.45) is 1.50. The van der Waals surface area contributed by atoms with Crippen LogP contribution in [-0.4, -0.2) is 48.8 Å². The molecule has 1 amide bonds. The van der Waals surface area contributed by atoms with Crippen LogP contribution in [0.4, 0.5) is 4.39 Å². The molecule has 0 saturated carbocycles. The molecule has 0 spiro atoms. The van der Waals surface area contributed by atoms with Gasteiger partial charge in [-0.3, -0.25) is 9.69 Å². The zero-order chi connectivity index (χ0) is 21.8. The average Bonchev–Trinajstić information content (AvgIpc) is 3.40. The maximum atomic E-state index is 13.1. The Balaban J connectivity index is 1.28. The van der Waals surface area contributed by atoms with Gasteiger partial charge in [-0.05, 0) is 62.1 Å². The van der Waals surface area contributed by atoms with Crippen molar-refractivity contribution in [1.29, 1.82) is 0 Å². The number of amides is 1. The molecule has 2 N–H and O–H groups in total. The third-order valence-electron chi connectivity index (χ3n) is 5.96. The van der Waals surface area contributed by atoms with Crippen molar-refractivity contribution < 1.29 is 18.7 Å². The number of carbonyl (C=O) groups is 1. The molecule has 31 heavy (non-hydrogen) atoms. The van der Waals surface area contributed by atoms with Crippen molar-refractivity contribution in [1.82, 2.24) is 15.5 Å². The first-order valence-electron chi connectivity index (χ1n) is 10.9. The lowest BCUT2D eigenvalue weighted by Crippen LogP contribution is -2.46. The Labute approximate surface area is 182 Å². The van der Waals surface area contributed by atoms with E-state index < -0.39 is 0 Å². The summed E-state index contributed by atoms with van der Waals surface area (Å²) in [5, 5.41) is 6.63. The number of hydrogen-bond acceptors (Lipinski definition) is 5. The molecule has 2 aromatic rings. The van der Waals surface area contributed by atoms with Gasteiger partial charge in [0.25, 0.3) is 0 Å². The highest BCUT2D eigenvalue weighted by Crippen LogP contribution is 2.32. The third kappa shape index (κ3) is 5.35. The second-order valence-corrected chi connectivity index (χ2v) is 8.47. The van der Waals surface area contributed by atoms with Gasteiger partial charge < -0.3 is 20.1 Å². The number of halogens is 1. The number of benzene rings is 2. The molecular formula is C24H30FN3O3. The van der Waals surface area contributed by atoms with Crippen LogP contribution in [0, 0.1) is 5.82 Å². The first kappa shape index (κ1) is 21.6. The molecule has 2 atom stereocenters. The summed E-state index contributed by atoms with van der Waals surface area (Å²) in [4.78, 5) is 15.2. The zero-order valence-corrected chi connectivity index (χ0v) is 18.1. The number of ether oxygens (including phenoxy) is 2. The van der Waals surface area contributed by atoms with E-state index in [0.717, 1.165) is 42.0 Å². The lowest BCUT2D eigenvalue weighted by molar-refractivity contribution is -0.126. The molecule has 2 aliphatic heterocycles. The lowest BCUT2D eigenvalue weighted by Gasteiger charge is -2.27. The first-order valence-corrected chi connectivity index (χ1v) is 10.9. The molecule has 0 unspecified atom stereocenters. The second kappa shape index (κ2) is 9.66. The quantitative estimate of drug-likeness (QED) is 0.678. The van der Waals surface area contributed by atoms with E-state index in [1.54, 1.807) is 12.1 Å². The van der Waals surface area contributed by atoms with Crippen molar-refractivity contribution in [2.24, 2.45) is 0 Å². The molecule has 4 rings (SSSR count). The Morgan fingerprint density at radius 1 is 1.13 bits per heavy atom. The number of rotatable bonds is 8. The van der Waals surface area contributed by atoms with Crippen LogP contribution in [0.15, 0.2) is 42.5 Å². The molecule has 2 aliphatic rings. The predicted molar refractivity (Wildman–Crippen MR) is 117 cm³/mol. The number of nitrogens with zero attached hydrogens (tertiary/aromatic N) is 1. The highest BCUT2D eigenvalue weighted by Gasteiger charge is 2.37. The summed E-state index contributed by atoms with van der Waals surface area (Å²) in [7, 11) is 0. The van der Waals surface area contributed by atoms with Gasteiger partial charge in [-0.15, -0.1) is 0 Å². The number of carbonyl (C=O) groups excluding carboxylic acids is 1. The minimum absolute atomic E-state index is 0.0699. The van der Waals surface area contributed by atoms with Gasteiger partial charge in [0, 0.05) is 31.7 Å². The summed E-state index contributed by atoms with van der Waals surface area (Å²) in [6.45, 7) is 6.56. The lowest BCUT2D eigenvalue weighted by atomic mass is 10.1. The zero-order valence-electron chi connectivity index (χ0n) is 18.1. The molecular weight excluding hydrogens is 397 g/mol. The number of nitrogens with one attached hydrogen (secondary N) is 2. The van der Waals surface area contributed by atoms with E-state index in [-0.39, 0.29) is 36.6 Å². The van der Waals surface area contributed by atoms with E-state index in [9.17, 15) is 9.18 Å². The number of likely N-dealkylation sites (tertiary alicyclic amines) is 1. The molecule has 166 valence electrons. The average molecular weight is 428 g/mol. The highest BCUT2D eigenvalue weighted by atomic mass is 19.1. The fourth-order valence-electron chi connectivity index (χ4n) is 4.25. The van der Waals surface area contributed by atoms with Crippen LogP contribution >= 0.6 is 0 Å². The Morgan fingerprint density at radius 2 is 1.87 bits per heavy atom. The molecule has 1 fully saturated rings. The van der Waals surface area contributed by atoms with Crippen molar-refractivity contribution in [3.63, 3.8) is 0 Å². The van der Waals surface area contributed by atoms with Gasteiger partial charge in [0.05, 0.1) is 6.04 Å². The smallest absolute Gasteiger partial charge is 0.237 e. The van der Waals surface area contributed by atoms with Crippen LogP contribution in [0.25, 0.3) is 0 Å². The summed E-state index contributed by atoms with van der Waals surface area (Å²) >= 11 is 0. The van der Waals surface area contributed by atoms with Crippen LogP contribution in [0.5, 0.6) is 11.5 Å².